The van der Waals surface area contributed by atoms with Crippen LogP contribution in [0.4, 0.5) is 0 Å². The lowest BCUT2D eigenvalue weighted by Crippen LogP contribution is -2.27. The zero-order chi connectivity index (χ0) is 12.3. The van der Waals surface area contributed by atoms with E-state index in [4.69, 9.17) is 14.2 Å². The normalized spacial score (nSPS) is 12.0. The van der Waals surface area contributed by atoms with Gasteiger partial charge in [-0.3, -0.25) is 0 Å². The van der Waals surface area contributed by atoms with Gasteiger partial charge in [-0.2, -0.15) is 0 Å². The molecule has 0 N–H and O–H groups in total. The van der Waals surface area contributed by atoms with Crippen LogP contribution in [-0.2, 0) is 14.2 Å². The average molecular weight is 232 g/mol. The summed E-state index contributed by atoms with van der Waals surface area (Å²) < 4.78 is 16.4. The molecule has 3 heteroatoms. The van der Waals surface area contributed by atoms with Crippen molar-refractivity contribution in [3.63, 3.8) is 0 Å². The van der Waals surface area contributed by atoms with Crippen LogP contribution < -0.4 is 0 Å². The Hall–Kier alpha value is -0.120. The van der Waals surface area contributed by atoms with E-state index in [0.29, 0.717) is 0 Å². The lowest BCUT2D eigenvalue weighted by molar-refractivity contribution is 0.00840. The molecule has 0 saturated heterocycles. The lowest BCUT2D eigenvalue weighted by atomic mass is 9.85. The maximum absolute atomic E-state index is 5.55. The SMILES string of the molecule is CCOCCC(C)(CCOCC)COCC. The molecule has 0 spiro atoms. The molecule has 0 fully saturated rings. The minimum absolute atomic E-state index is 0.181. The smallest absolute Gasteiger partial charge is 0.0521 e. The fourth-order valence-corrected chi connectivity index (χ4v) is 1.54. The third-order valence-corrected chi connectivity index (χ3v) is 2.76. The molecule has 0 aliphatic rings. The van der Waals surface area contributed by atoms with E-state index in [1.807, 2.05) is 20.8 Å². The van der Waals surface area contributed by atoms with Crippen molar-refractivity contribution in [2.75, 3.05) is 39.6 Å². The van der Waals surface area contributed by atoms with Gasteiger partial charge >= 0.3 is 0 Å². The molecule has 0 aromatic rings. The molecule has 0 atom stereocenters. The van der Waals surface area contributed by atoms with Gasteiger partial charge in [0.15, 0.2) is 0 Å². The van der Waals surface area contributed by atoms with Crippen LogP contribution in [0, 0.1) is 5.41 Å². The number of rotatable bonds is 11. The first kappa shape index (κ1) is 15.9. The predicted octanol–water partition coefficient (Wildman–Crippen LogP) is 2.88. The highest BCUT2D eigenvalue weighted by Crippen LogP contribution is 2.26. The van der Waals surface area contributed by atoms with Gasteiger partial charge in [-0.05, 0) is 39.0 Å². The first-order chi connectivity index (χ1) is 7.68. The molecule has 0 radical (unpaired) electrons. The molecular formula is C13H28O3. The van der Waals surface area contributed by atoms with Crippen molar-refractivity contribution >= 4 is 0 Å². The van der Waals surface area contributed by atoms with Gasteiger partial charge in [0.2, 0.25) is 0 Å². The van der Waals surface area contributed by atoms with Crippen molar-refractivity contribution in [3.05, 3.63) is 0 Å². The Labute approximate surface area is 100 Å². The zero-order valence-corrected chi connectivity index (χ0v) is 11.4. The minimum Gasteiger partial charge on any atom is -0.382 e. The topological polar surface area (TPSA) is 27.7 Å². The second-order valence-electron chi connectivity index (χ2n) is 4.34. The number of hydrogen-bond acceptors (Lipinski definition) is 3. The Morgan fingerprint density at radius 2 is 1.19 bits per heavy atom. The van der Waals surface area contributed by atoms with Crippen LogP contribution in [0.2, 0.25) is 0 Å². The monoisotopic (exact) mass is 232 g/mol. The standard InChI is InChI=1S/C13H28O3/c1-5-14-10-8-13(4,12-16-7-3)9-11-15-6-2/h5-12H2,1-4H3. The fourth-order valence-electron chi connectivity index (χ4n) is 1.54. The lowest BCUT2D eigenvalue weighted by Gasteiger charge is -2.29. The maximum atomic E-state index is 5.55. The van der Waals surface area contributed by atoms with Gasteiger partial charge in [0.05, 0.1) is 6.61 Å². The van der Waals surface area contributed by atoms with Crippen molar-refractivity contribution in [2.24, 2.45) is 5.41 Å². The van der Waals surface area contributed by atoms with Gasteiger partial charge in [-0.15, -0.1) is 0 Å². The highest BCUT2D eigenvalue weighted by molar-refractivity contribution is 4.73. The largest absolute Gasteiger partial charge is 0.382 e. The summed E-state index contributed by atoms with van der Waals surface area (Å²) in [6, 6.07) is 0. The second-order valence-corrected chi connectivity index (χ2v) is 4.34. The minimum atomic E-state index is 0.181. The summed E-state index contributed by atoms with van der Waals surface area (Å²) in [6.45, 7) is 13.1. The van der Waals surface area contributed by atoms with Crippen molar-refractivity contribution in [3.8, 4) is 0 Å². The van der Waals surface area contributed by atoms with Crippen molar-refractivity contribution in [1.82, 2.24) is 0 Å². The Morgan fingerprint density at radius 1 is 0.750 bits per heavy atom. The molecule has 0 heterocycles. The quantitative estimate of drug-likeness (QED) is 0.513. The van der Waals surface area contributed by atoms with Crippen molar-refractivity contribution in [2.45, 2.75) is 40.5 Å². The Kier molecular flexibility index (Phi) is 9.99. The van der Waals surface area contributed by atoms with E-state index in [-0.39, 0.29) is 5.41 Å². The van der Waals surface area contributed by atoms with Gasteiger partial charge in [0.1, 0.15) is 0 Å². The van der Waals surface area contributed by atoms with Gasteiger partial charge in [0.25, 0.3) is 0 Å². The molecule has 0 bridgehead atoms. The predicted molar refractivity (Wildman–Crippen MR) is 66.8 cm³/mol. The summed E-state index contributed by atoms with van der Waals surface area (Å²) in [7, 11) is 0. The summed E-state index contributed by atoms with van der Waals surface area (Å²) in [5, 5.41) is 0. The third-order valence-electron chi connectivity index (χ3n) is 2.76. The van der Waals surface area contributed by atoms with Gasteiger partial charge < -0.3 is 14.2 Å². The van der Waals surface area contributed by atoms with Crippen molar-refractivity contribution in [1.29, 1.82) is 0 Å². The molecule has 0 rings (SSSR count). The first-order valence-corrected chi connectivity index (χ1v) is 6.41. The molecule has 3 nitrogen and oxygen atoms in total. The molecular weight excluding hydrogens is 204 g/mol. The number of hydrogen-bond donors (Lipinski definition) is 0. The average Bonchev–Trinajstić information content (AvgIpc) is 2.27. The van der Waals surface area contributed by atoms with E-state index in [1.54, 1.807) is 0 Å². The van der Waals surface area contributed by atoms with E-state index in [9.17, 15) is 0 Å². The van der Waals surface area contributed by atoms with E-state index in [0.717, 1.165) is 52.5 Å². The molecule has 0 aromatic heterocycles. The van der Waals surface area contributed by atoms with Crippen LogP contribution in [0.3, 0.4) is 0 Å². The third kappa shape index (κ3) is 8.08. The highest BCUT2D eigenvalue weighted by Gasteiger charge is 2.24. The Balaban J connectivity index is 3.91. The van der Waals surface area contributed by atoms with Crippen LogP contribution in [0.15, 0.2) is 0 Å². The summed E-state index contributed by atoms with van der Waals surface area (Å²) >= 11 is 0. The highest BCUT2D eigenvalue weighted by atomic mass is 16.5. The summed E-state index contributed by atoms with van der Waals surface area (Å²) in [5.74, 6) is 0. The molecule has 0 aromatic carbocycles. The van der Waals surface area contributed by atoms with Gasteiger partial charge in [-0.25, -0.2) is 0 Å². The first-order valence-electron chi connectivity index (χ1n) is 6.41. The van der Waals surface area contributed by atoms with Crippen LogP contribution in [0.25, 0.3) is 0 Å². The molecule has 16 heavy (non-hydrogen) atoms. The van der Waals surface area contributed by atoms with E-state index in [2.05, 4.69) is 6.92 Å². The molecule has 0 saturated carbocycles. The summed E-state index contributed by atoms with van der Waals surface area (Å²) in [4.78, 5) is 0. The zero-order valence-electron chi connectivity index (χ0n) is 11.4. The summed E-state index contributed by atoms with van der Waals surface area (Å²) in [5.41, 5.74) is 0.181. The molecule has 0 aliphatic carbocycles. The van der Waals surface area contributed by atoms with Crippen LogP contribution in [0.1, 0.15) is 40.5 Å². The van der Waals surface area contributed by atoms with Gasteiger partial charge in [0, 0.05) is 33.0 Å². The summed E-state index contributed by atoms with van der Waals surface area (Å²) in [6.07, 6.45) is 2.07. The fraction of sp³-hybridized carbons (Fsp3) is 1.00. The van der Waals surface area contributed by atoms with Crippen LogP contribution >= 0.6 is 0 Å². The van der Waals surface area contributed by atoms with Crippen LogP contribution in [0.5, 0.6) is 0 Å². The maximum Gasteiger partial charge on any atom is 0.0521 e. The Morgan fingerprint density at radius 3 is 1.56 bits per heavy atom. The molecule has 98 valence electrons. The van der Waals surface area contributed by atoms with Crippen molar-refractivity contribution < 1.29 is 14.2 Å². The van der Waals surface area contributed by atoms with E-state index in [1.165, 1.54) is 0 Å². The molecule has 0 aliphatic heterocycles. The Bertz CT molecular complexity index is 138. The van der Waals surface area contributed by atoms with Crippen LogP contribution in [-0.4, -0.2) is 39.6 Å². The van der Waals surface area contributed by atoms with Gasteiger partial charge in [-0.1, -0.05) is 6.92 Å². The molecule has 0 amide bonds. The second kappa shape index (κ2) is 10.1. The van der Waals surface area contributed by atoms with E-state index < -0.39 is 0 Å². The van der Waals surface area contributed by atoms with E-state index >= 15 is 0 Å². The molecule has 0 unspecified atom stereocenters. The number of ether oxygens (including phenoxy) is 3.